The van der Waals surface area contributed by atoms with Gasteiger partial charge in [0, 0.05) is 51.2 Å². The van der Waals surface area contributed by atoms with Crippen LogP contribution in [0, 0.1) is 6.92 Å². The zero-order valence-corrected chi connectivity index (χ0v) is 17.4. The van der Waals surface area contributed by atoms with Crippen LogP contribution < -0.4 is 5.56 Å². The molecule has 11 nitrogen and oxygen atoms in total. The quantitative estimate of drug-likeness (QED) is 0.429. The number of fused-ring (bicyclic) bond motifs is 1. The molecule has 5 heterocycles. The molecule has 0 unspecified atom stereocenters. The van der Waals surface area contributed by atoms with E-state index in [0.29, 0.717) is 12.4 Å². The fraction of sp³-hybridized carbons (Fsp3) is 0.400. The van der Waals surface area contributed by atoms with Crippen molar-refractivity contribution in [2.75, 3.05) is 32.7 Å². The summed E-state index contributed by atoms with van der Waals surface area (Å²) in [6, 6.07) is 8.94. The highest BCUT2D eigenvalue weighted by Gasteiger charge is 2.19. The lowest BCUT2D eigenvalue weighted by Crippen LogP contribution is -2.47. The average Bonchev–Trinajstić information content (AvgIpc) is 3.45. The Morgan fingerprint density at radius 1 is 0.935 bits per heavy atom. The van der Waals surface area contributed by atoms with Crippen LogP contribution in [-0.2, 0) is 13.1 Å². The van der Waals surface area contributed by atoms with Crippen LogP contribution in [0.2, 0.25) is 0 Å². The topological polar surface area (TPSA) is 102 Å². The molecule has 1 fully saturated rings. The van der Waals surface area contributed by atoms with Crippen LogP contribution >= 0.6 is 0 Å². The van der Waals surface area contributed by atoms with E-state index in [0.717, 1.165) is 56.4 Å². The molecule has 11 heteroatoms. The van der Waals surface area contributed by atoms with Crippen molar-refractivity contribution in [1.29, 1.82) is 0 Å². The van der Waals surface area contributed by atoms with Gasteiger partial charge < -0.3 is 0 Å². The Bertz CT molecular complexity index is 1220. The number of hydrogen-bond acceptors (Lipinski definition) is 8. The molecule has 4 aromatic heterocycles. The normalized spacial score (nSPS) is 15.6. The summed E-state index contributed by atoms with van der Waals surface area (Å²) in [6.45, 7) is 7.72. The van der Waals surface area contributed by atoms with Crippen molar-refractivity contribution < 1.29 is 0 Å². The van der Waals surface area contributed by atoms with Gasteiger partial charge in [-0.15, -0.1) is 15.3 Å². The van der Waals surface area contributed by atoms with Crippen LogP contribution in [0.25, 0.3) is 11.5 Å². The molecule has 1 saturated heterocycles. The molecule has 0 aromatic carbocycles. The van der Waals surface area contributed by atoms with E-state index in [9.17, 15) is 4.79 Å². The molecular weight excluding hydrogens is 396 g/mol. The summed E-state index contributed by atoms with van der Waals surface area (Å²) in [5.41, 5.74) is 1.62. The van der Waals surface area contributed by atoms with Gasteiger partial charge in [0.05, 0.1) is 18.8 Å². The van der Waals surface area contributed by atoms with Crippen molar-refractivity contribution in [2.24, 2.45) is 0 Å². The van der Waals surface area contributed by atoms with E-state index < -0.39 is 0 Å². The highest BCUT2D eigenvalue weighted by atomic mass is 16.1. The molecule has 0 bridgehead atoms. The number of aryl methyl sites for hydroxylation is 1. The van der Waals surface area contributed by atoms with Crippen molar-refractivity contribution >= 4 is 5.65 Å². The SMILES string of the molecule is Cc1ccc2nnc(CN3CCN(CCn4nc(-n5cccn5)ccc4=O)CC3)n2n1. The minimum atomic E-state index is -0.101. The maximum Gasteiger partial charge on any atom is 0.266 e. The number of aromatic nitrogens is 8. The fourth-order valence-electron chi connectivity index (χ4n) is 3.76. The molecule has 31 heavy (non-hydrogen) atoms. The summed E-state index contributed by atoms with van der Waals surface area (Å²) < 4.78 is 4.99. The molecule has 160 valence electrons. The van der Waals surface area contributed by atoms with Crippen LogP contribution in [-0.4, -0.2) is 81.9 Å². The predicted octanol–water partition coefficient (Wildman–Crippen LogP) is -0.00708. The van der Waals surface area contributed by atoms with E-state index in [-0.39, 0.29) is 5.56 Å². The highest BCUT2D eigenvalue weighted by molar-refractivity contribution is 5.36. The predicted molar refractivity (Wildman–Crippen MR) is 113 cm³/mol. The first-order valence-corrected chi connectivity index (χ1v) is 10.4. The van der Waals surface area contributed by atoms with Gasteiger partial charge in [-0.1, -0.05) is 0 Å². The third-order valence-corrected chi connectivity index (χ3v) is 5.51. The third kappa shape index (κ3) is 4.23. The summed E-state index contributed by atoms with van der Waals surface area (Å²) in [6.07, 6.45) is 3.50. The molecule has 0 amide bonds. The smallest absolute Gasteiger partial charge is 0.266 e. The zero-order valence-electron chi connectivity index (χ0n) is 17.4. The van der Waals surface area contributed by atoms with E-state index in [1.54, 1.807) is 23.0 Å². The second-order valence-corrected chi connectivity index (χ2v) is 7.68. The summed E-state index contributed by atoms with van der Waals surface area (Å²) >= 11 is 0. The first-order valence-electron chi connectivity index (χ1n) is 10.4. The number of piperazine rings is 1. The standard InChI is InChI=1S/C20H24N10O/c1-16-3-4-17-22-23-19(30(17)24-16)15-27-11-9-26(10-12-27)13-14-29-20(31)6-5-18(25-29)28-8-2-7-21-28/h2-8H,9-15H2,1H3. The molecule has 0 atom stereocenters. The first-order chi connectivity index (χ1) is 15.2. The van der Waals surface area contributed by atoms with Gasteiger partial charge >= 0.3 is 0 Å². The largest absolute Gasteiger partial charge is 0.299 e. The molecular formula is C20H24N10O. The Morgan fingerprint density at radius 3 is 2.58 bits per heavy atom. The van der Waals surface area contributed by atoms with Gasteiger partial charge in [0.1, 0.15) is 0 Å². The summed E-state index contributed by atoms with van der Waals surface area (Å²) in [4.78, 5) is 16.9. The average molecular weight is 420 g/mol. The summed E-state index contributed by atoms with van der Waals surface area (Å²) in [7, 11) is 0. The van der Waals surface area contributed by atoms with Gasteiger partial charge in [0.2, 0.25) is 0 Å². The lowest BCUT2D eigenvalue weighted by Gasteiger charge is -2.34. The molecule has 1 aliphatic rings. The molecule has 0 N–H and O–H groups in total. The van der Waals surface area contributed by atoms with Gasteiger partial charge in [-0.2, -0.15) is 14.7 Å². The summed E-state index contributed by atoms with van der Waals surface area (Å²) in [5, 5.41) is 21.7. The molecule has 5 rings (SSSR count). The van der Waals surface area contributed by atoms with Gasteiger partial charge in [-0.05, 0) is 31.2 Å². The molecule has 1 aliphatic heterocycles. The maximum absolute atomic E-state index is 12.2. The van der Waals surface area contributed by atoms with E-state index in [1.165, 1.54) is 4.68 Å². The van der Waals surface area contributed by atoms with E-state index in [2.05, 4.69) is 35.3 Å². The van der Waals surface area contributed by atoms with Crippen molar-refractivity contribution in [3.63, 3.8) is 0 Å². The second-order valence-electron chi connectivity index (χ2n) is 7.68. The Kier molecular flexibility index (Phi) is 5.26. The van der Waals surface area contributed by atoms with Gasteiger partial charge in [-0.3, -0.25) is 14.6 Å². The molecule has 0 saturated carbocycles. The van der Waals surface area contributed by atoms with Crippen LogP contribution in [0.5, 0.6) is 0 Å². The van der Waals surface area contributed by atoms with Crippen molar-refractivity contribution in [2.45, 2.75) is 20.0 Å². The Balaban J connectivity index is 1.17. The van der Waals surface area contributed by atoms with Crippen molar-refractivity contribution in [3.8, 4) is 5.82 Å². The van der Waals surface area contributed by atoms with Crippen molar-refractivity contribution in [3.05, 3.63) is 64.6 Å². The maximum atomic E-state index is 12.2. The van der Waals surface area contributed by atoms with Crippen LogP contribution in [0.4, 0.5) is 0 Å². The van der Waals surface area contributed by atoms with E-state index >= 15 is 0 Å². The Hall–Kier alpha value is -3.44. The minimum Gasteiger partial charge on any atom is -0.299 e. The number of rotatable bonds is 6. The number of nitrogens with zero attached hydrogens (tertiary/aromatic N) is 10. The lowest BCUT2D eigenvalue weighted by molar-refractivity contribution is 0.120. The van der Waals surface area contributed by atoms with Crippen LogP contribution in [0.1, 0.15) is 11.5 Å². The highest BCUT2D eigenvalue weighted by Crippen LogP contribution is 2.09. The van der Waals surface area contributed by atoms with E-state index in [4.69, 9.17) is 0 Å². The van der Waals surface area contributed by atoms with Crippen molar-refractivity contribution in [1.82, 2.24) is 49.2 Å². The van der Waals surface area contributed by atoms with Gasteiger partial charge in [-0.25, -0.2) is 9.36 Å². The minimum absolute atomic E-state index is 0.101. The number of hydrogen-bond donors (Lipinski definition) is 0. The zero-order chi connectivity index (χ0) is 21.2. The lowest BCUT2D eigenvalue weighted by atomic mass is 10.3. The van der Waals surface area contributed by atoms with Gasteiger partial charge in [0.25, 0.3) is 5.56 Å². The summed E-state index contributed by atoms with van der Waals surface area (Å²) in [5.74, 6) is 1.50. The fourth-order valence-corrected chi connectivity index (χ4v) is 3.76. The third-order valence-electron chi connectivity index (χ3n) is 5.51. The Morgan fingerprint density at radius 2 is 1.77 bits per heavy atom. The second kappa shape index (κ2) is 8.36. The van der Waals surface area contributed by atoms with E-state index in [1.807, 2.05) is 35.8 Å². The monoisotopic (exact) mass is 420 g/mol. The van der Waals surface area contributed by atoms with Crippen LogP contribution in [0.15, 0.2) is 47.5 Å². The molecule has 0 radical (unpaired) electrons. The Labute approximate surface area is 178 Å². The first kappa shape index (κ1) is 19.5. The molecule has 0 aliphatic carbocycles. The molecule has 0 spiro atoms. The van der Waals surface area contributed by atoms with Crippen LogP contribution in [0.3, 0.4) is 0 Å². The molecule has 4 aromatic rings. The van der Waals surface area contributed by atoms with Gasteiger partial charge in [0.15, 0.2) is 17.3 Å².